The topological polar surface area (TPSA) is 45.5 Å². The Morgan fingerprint density at radius 2 is 1.72 bits per heavy atom. The van der Waals surface area contributed by atoms with Crippen LogP contribution in [-0.2, 0) is 0 Å². The Balaban J connectivity index is 1.47. The molecule has 0 radical (unpaired) electrons. The molecule has 0 amide bonds. The van der Waals surface area contributed by atoms with Crippen LogP contribution in [0.25, 0.3) is 26.9 Å². The van der Waals surface area contributed by atoms with Crippen molar-refractivity contribution in [3.05, 3.63) is 48.0 Å². The maximum atomic E-state index is 5.00. The van der Waals surface area contributed by atoms with Gasteiger partial charge in [-0.2, -0.15) is 0 Å². The number of anilines is 1. The summed E-state index contributed by atoms with van der Waals surface area (Å²) in [4.78, 5) is 12.0. The molecule has 0 aliphatic carbocycles. The molecule has 6 heteroatoms. The second kappa shape index (κ2) is 7.29. The number of rotatable bonds is 3. The smallest absolute Gasteiger partial charge is 0.186 e. The number of benzene rings is 1. The lowest BCUT2D eigenvalue weighted by atomic mass is 9.79. The van der Waals surface area contributed by atoms with E-state index in [9.17, 15) is 0 Å². The molecule has 4 heterocycles. The van der Waals surface area contributed by atoms with Crippen molar-refractivity contribution in [2.75, 3.05) is 11.9 Å². The highest BCUT2D eigenvalue weighted by Crippen LogP contribution is 2.37. The molecule has 1 aliphatic rings. The van der Waals surface area contributed by atoms with Crippen molar-refractivity contribution in [1.29, 1.82) is 0 Å². The Morgan fingerprint density at radius 1 is 1.00 bits per heavy atom. The Hall–Kier alpha value is -2.44. The Kier molecular flexibility index (Phi) is 4.88. The molecule has 1 saturated heterocycles. The van der Waals surface area contributed by atoms with Crippen molar-refractivity contribution < 1.29 is 0 Å². The molecule has 1 N–H and O–H groups in total. The van der Waals surface area contributed by atoms with E-state index in [0.29, 0.717) is 6.04 Å². The van der Waals surface area contributed by atoms with Crippen LogP contribution in [0.4, 0.5) is 5.13 Å². The number of piperidine rings is 1. The second-order valence-corrected chi connectivity index (χ2v) is 11.7. The highest BCUT2D eigenvalue weighted by molar-refractivity contribution is 7.22. The molecule has 1 aliphatic heterocycles. The van der Waals surface area contributed by atoms with E-state index < -0.39 is 0 Å². The van der Waals surface area contributed by atoms with Crippen molar-refractivity contribution in [2.45, 2.75) is 71.5 Å². The molecule has 5 rings (SSSR count). The number of hydrogen-bond acceptors (Lipinski definition) is 5. The zero-order valence-electron chi connectivity index (χ0n) is 20.2. The van der Waals surface area contributed by atoms with Gasteiger partial charge in [0.25, 0.3) is 0 Å². The van der Waals surface area contributed by atoms with E-state index in [1.807, 2.05) is 6.92 Å². The lowest BCUT2D eigenvalue weighted by Gasteiger charge is -2.48. The Bertz CT molecular complexity index is 1300. The van der Waals surface area contributed by atoms with Crippen LogP contribution in [0.1, 0.15) is 51.9 Å². The molecule has 168 valence electrons. The summed E-state index contributed by atoms with van der Waals surface area (Å²) < 4.78 is 3.42. The van der Waals surface area contributed by atoms with Crippen molar-refractivity contribution in [1.82, 2.24) is 19.7 Å². The molecule has 32 heavy (non-hydrogen) atoms. The maximum absolute atomic E-state index is 5.00. The van der Waals surface area contributed by atoms with Crippen molar-refractivity contribution >= 4 is 32.2 Å². The third kappa shape index (κ3) is 3.90. The minimum absolute atomic E-state index is 0.118. The number of nitrogens with one attached hydrogen (secondary N) is 1. The largest absolute Gasteiger partial charge is 0.348 e. The number of aromatic nitrogens is 3. The summed E-state index contributed by atoms with van der Waals surface area (Å²) in [6, 6.07) is 9.33. The normalized spacial score (nSPS) is 18.5. The van der Waals surface area contributed by atoms with Gasteiger partial charge < -0.3 is 14.6 Å². The average Bonchev–Trinajstić information content (AvgIpc) is 3.28. The van der Waals surface area contributed by atoms with Gasteiger partial charge in [0.15, 0.2) is 5.13 Å². The van der Waals surface area contributed by atoms with Gasteiger partial charge in [0.2, 0.25) is 0 Å². The SMILES string of the molecule is Cc1cn2cc(-c3ccc4nc(N(C)C5CC(C)(C)NC(C)(C)C5)sc4c3)cc2c(C)n1. The van der Waals surface area contributed by atoms with Crippen molar-refractivity contribution in [2.24, 2.45) is 0 Å². The van der Waals surface area contributed by atoms with E-state index in [2.05, 4.69) is 97.9 Å². The standard InChI is InChI=1S/C26H33N5S/c1-16-14-31-15-19(10-22(31)17(2)27-16)18-8-9-21-23(11-18)32-24(28-21)30(7)20-12-25(3,4)29-26(5,6)13-20/h8-11,14-15,20,29H,12-13H2,1-7H3. The summed E-state index contributed by atoms with van der Waals surface area (Å²) in [5, 5.41) is 4.89. The Morgan fingerprint density at radius 3 is 2.44 bits per heavy atom. The Labute approximate surface area is 194 Å². The van der Waals surface area contributed by atoms with E-state index in [-0.39, 0.29) is 11.1 Å². The van der Waals surface area contributed by atoms with Gasteiger partial charge in [-0.25, -0.2) is 4.98 Å². The van der Waals surface area contributed by atoms with Gasteiger partial charge >= 0.3 is 0 Å². The van der Waals surface area contributed by atoms with Gasteiger partial charge in [0.1, 0.15) is 0 Å². The van der Waals surface area contributed by atoms with E-state index in [1.54, 1.807) is 11.3 Å². The zero-order chi connectivity index (χ0) is 22.8. The molecule has 5 nitrogen and oxygen atoms in total. The predicted molar refractivity (Wildman–Crippen MR) is 136 cm³/mol. The minimum atomic E-state index is 0.118. The average molecular weight is 448 g/mol. The molecule has 3 aromatic heterocycles. The fraction of sp³-hybridized carbons (Fsp3) is 0.462. The first kappa shape index (κ1) is 21.4. The van der Waals surface area contributed by atoms with Gasteiger partial charge in [-0.15, -0.1) is 0 Å². The first-order chi connectivity index (χ1) is 15.0. The summed E-state index contributed by atoms with van der Waals surface area (Å²) in [5.74, 6) is 0. The highest BCUT2D eigenvalue weighted by Gasteiger charge is 2.39. The molecule has 4 aromatic rings. The molecule has 1 fully saturated rings. The summed E-state index contributed by atoms with van der Waals surface area (Å²) in [5.41, 5.74) is 7.00. The minimum Gasteiger partial charge on any atom is -0.348 e. The lowest BCUT2D eigenvalue weighted by Crippen LogP contribution is -2.61. The van der Waals surface area contributed by atoms with E-state index in [1.165, 1.54) is 15.8 Å². The van der Waals surface area contributed by atoms with Crippen LogP contribution in [0.3, 0.4) is 0 Å². The van der Waals surface area contributed by atoms with Crippen molar-refractivity contribution in [3.63, 3.8) is 0 Å². The quantitative estimate of drug-likeness (QED) is 0.420. The summed E-state index contributed by atoms with van der Waals surface area (Å²) in [6.07, 6.45) is 6.51. The predicted octanol–water partition coefficient (Wildman–Crippen LogP) is 5.97. The number of aryl methyl sites for hydroxylation is 2. The van der Waals surface area contributed by atoms with Crippen molar-refractivity contribution in [3.8, 4) is 11.1 Å². The number of thiazole rings is 1. The molecule has 1 aromatic carbocycles. The molecule has 0 atom stereocenters. The lowest BCUT2D eigenvalue weighted by molar-refractivity contribution is 0.161. The summed E-state index contributed by atoms with van der Waals surface area (Å²) in [7, 11) is 2.21. The molecule has 0 spiro atoms. The zero-order valence-corrected chi connectivity index (χ0v) is 21.0. The van der Waals surface area contributed by atoms with E-state index in [0.717, 1.165) is 40.4 Å². The van der Waals surface area contributed by atoms with Gasteiger partial charge in [-0.1, -0.05) is 17.4 Å². The second-order valence-electron chi connectivity index (χ2n) is 10.7. The first-order valence-corrected chi connectivity index (χ1v) is 12.2. The number of hydrogen-bond donors (Lipinski definition) is 1. The fourth-order valence-corrected chi connectivity index (χ4v) is 6.57. The third-order valence-corrected chi connectivity index (χ3v) is 7.73. The van der Waals surface area contributed by atoms with Crippen LogP contribution in [0.2, 0.25) is 0 Å². The molecule has 0 unspecified atom stereocenters. The van der Waals surface area contributed by atoms with Crippen LogP contribution in [0.5, 0.6) is 0 Å². The molecule has 0 saturated carbocycles. The number of fused-ring (bicyclic) bond motifs is 2. The van der Waals surface area contributed by atoms with E-state index >= 15 is 0 Å². The number of nitrogens with zero attached hydrogens (tertiary/aromatic N) is 4. The van der Waals surface area contributed by atoms with Gasteiger partial charge in [-0.3, -0.25) is 4.98 Å². The van der Waals surface area contributed by atoms with Crippen LogP contribution in [0, 0.1) is 13.8 Å². The highest BCUT2D eigenvalue weighted by atomic mass is 32.1. The van der Waals surface area contributed by atoms with E-state index in [4.69, 9.17) is 4.98 Å². The van der Waals surface area contributed by atoms with Gasteiger partial charge in [0, 0.05) is 42.1 Å². The fourth-order valence-electron chi connectivity index (χ4n) is 5.53. The van der Waals surface area contributed by atoms with Crippen LogP contribution in [0.15, 0.2) is 36.7 Å². The monoisotopic (exact) mass is 447 g/mol. The molecular formula is C26H33N5S. The summed E-state index contributed by atoms with van der Waals surface area (Å²) >= 11 is 1.80. The molecule has 0 bridgehead atoms. The van der Waals surface area contributed by atoms with Gasteiger partial charge in [-0.05, 0) is 78.1 Å². The third-order valence-electron chi connectivity index (χ3n) is 6.62. The van der Waals surface area contributed by atoms with Crippen LogP contribution >= 0.6 is 11.3 Å². The first-order valence-electron chi connectivity index (χ1n) is 11.4. The van der Waals surface area contributed by atoms with Gasteiger partial charge in [0.05, 0.1) is 27.1 Å². The maximum Gasteiger partial charge on any atom is 0.186 e. The summed E-state index contributed by atoms with van der Waals surface area (Å²) in [6.45, 7) is 13.3. The van der Waals surface area contributed by atoms with Crippen LogP contribution in [-0.4, -0.2) is 38.5 Å². The molecular weight excluding hydrogens is 414 g/mol. The van der Waals surface area contributed by atoms with Crippen LogP contribution < -0.4 is 10.2 Å².